The van der Waals surface area contributed by atoms with Crippen molar-refractivity contribution in [3.8, 4) is 23.5 Å². The minimum atomic E-state index is -0.851. The van der Waals surface area contributed by atoms with E-state index in [1.807, 2.05) is 0 Å². The Morgan fingerprint density at radius 2 is 0.926 bits per heavy atom. The number of aromatic nitrogens is 8. The van der Waals surface area contributed by atoms with Crippen molar-refractivity contribution in [1.82, 2.24) is 46.0 Å². The number of aromatic amines is 7. The van der Waals surface area contributed by atoms with Gasteiger partial charge in [-0.2, -0.15) is 0 Å². The molecule has 8 rings (SSSR count). The molecule has 1 unspecified atom stereocenters. The summed E-state index contributed by atoms with van der Waals surface area (Å²) in [4.78, 5) is 81.1. The first-order valence-electron chi connectivity index (χ1n) is 14.8. The van der Waals surface area contributed by atoms with Crippen LogP contribution in [0.2, 0.25) is 0 Å². The summed E-state index contributed by atoms with van der Waals surface area (Å²) in [7, 11) is 0. The monoisotopic (exact) mass is 807 g/mol. The second kappa shape index (κ2) is 14.4. The Morgan fingerprint density at radius 1 is 0.556 bits per heavy atom. The van der Waals surface area contributed by atoms with Gasteiger partial charge in [0.2, 0.25) is 23.5 Å². The Labute approximate surface area is 318 Å². The fourth-order valence-corrected chi connectivity index (χ4v) is 6.59. The molecule has 1 atom stereocenters. The summed E-state index contributed by atoms with van der Waals surface area (Å²) in [5.74, 6) is -0.768. The molecule has 20 nitrogen and oxygen atoms in total. The molecule has 4 aromatic heterocycles. The van der Waals surface area contributed by atoms with Gasteiger partial charge >= 0.3 is 0 Å². The van der Waals surface area contributed by atoms with E-state index in [4.69, 9.17) is 58.3 Å². The maximum Gasteiger partial charge on any atom is 0.269 e. The van der Waals surface area contributed by atoms with Crippen LogP contribution in [0.1, 0.15) is 45.2 Å². The van der Waals surface area contributed by atoms with Crippen LogP contribution in [0.5, 0.6) is 23.5 Å². The van der Waals surface area contributed by atoms with E-state index >= 15 is 0 Å². The number of non-ortho nitro benzene ring substituents is 2. The highest BCUT2D eigenvalue weighted by atomic mass is 32.1. The molecular weight excluding hydrogens is 787 g/mol. The quantitative estimate of drug-likeness (QED) is 0.0608. The molecule has 2 aromatic carbocycles. The first-order chi connectivity index (χ1) is 25.3. The molecule has 10 N–H and O–H groups in total. The minimum Gasteiger partial charge on any atom is -0.424 e. The molecule has 0 aliphatic carbocycles. The molecule has 0 fully saturated rings. The number of nitro benzene ring substituents is 2. The van der Waals surface area contributed by atoms with Crippen molar-refractivity contribution >= 4 is 60.2 Å². The number of nitrogens with one attached hydrogen (secondary N) is 7. The molecule has 0 bridgehead atoms. The molecule has 274 valence electrons. The number of benzene rings is 2. The first kappa shape index (κ1) is 37.2. The average Bonchev–Trinajstić information content (AvgIpc) is 3.09. The van der Waals surface area contributed by atoms with Crippen LogP contribution in [0, 0.1) is 39.3 Å². The van der Waals surface area contributed by atoms with E-state index in [0.29, 0.717) is 28.1 Å². The Morgan fingerprint density at radius 3 is 1.33 bits per heavy atom. The summed E-state index contributed by atoms with van der Waals surface area (Å²) in [5, 5.41) is 21.8. The van der Waals surface area contributed by atoms with Crippen LogP contribution in [0.4, 0.5) is 11.4 Å². The van der Waals surface area contributed by atoms with Crippen LogP contribution in [-0.2, 0) is 0 Å². The van der Waals surface area contributed by atoms with Gasteiger partial charge in [-0.25, -0.2) is 4.98 Å². The summed E-state index contributed by atoms with van der Waals surface area (Å²) in [6.45, 7) is 0. The van der Waals surface area contributed by atoms with E-state index < -0.39 is 38.4 Å². The van der Waals surface area contributed by atoms with Crippen LogP contribution in [-0.4, -0.2) is 49.7 Å². The number of nitro groups is 2. The molecule has 2 aliphatic heterocycles. The van der Waals surface area contributed by atoms with Gasteiger partial charge in [0.15, 0.2) is 19.1 Å². The highest BCUT2D eigenvalue weighted by Crippen LogP contribution is 2.44. The number of hydrogen-bond acceptors (Lipinski definition) is 15. The number of H-pyrrole nitrogens is 7. The van der Waals surface area contributed by atoms with Crippen molar-refractivity contribution in [2.75, 3.05) is 0 Å². The zero-order valence-corrected chi connectivity index (χ0v) is 30.0. The molecule has 0 spiro atoms. The number of ether oxygens (including phenoxy) is 2. The van der Waals surface area contributed by atoms with Gasteiger partial charge in [0.25, 0.3) is 28.1 Å². The van der Waals surface area contributed by atoms with E-state index in [2.05, 4.69) is 39.9 Å². The molecule has 0 saturated heterocycles. The summed E-state index contributed by atoms with van der Waals surface area (Å²) < 4.78 is 11.8. The zero-order valence-electron chi connectivity index (χ0n) is 26.7. The maximum atomic E-state index is 12.6. The Kier molecular flexibility index (Phi) is 9.93. The average molecular weight is 808 g/mol. The van der Waals surface area contributed by atoms with Crippen molar-refractivity contribution < 1.29 is 19.3 Å². The van der Waals surface area contributed by atoms with Crippen molar-refractivity contribution in [1.29, 1.82) is 0 Å². The molecule has 0 saturated carbocycles. The van der Waals surface area contributed by atoms with Crippen LogP contribution >= 0.6 is 48.9 Å². The van der Waals surface area contributed by atoms with Gasteiger partial charge in [0.05, 0.1) is 38.4 Å². The SMILES string of the molecule is N.O=c1[nH]c(=S)[nH]c2c1C(c1ccc([N+](=O)[O-])cc1)c1c([nH]c(=S)[nH]c1=O)O2.O=c1[nH]c(=S)[nH]c2c1C(c1ccc([N+](=O)[O-])cc1)c1cnc(=S)[nH]c1O2. The van der Waals surface area contributed by atoms with Crippen molar-refractivity contribution in [2.24, 2.45) is 0 Å². The smallest absolute Gasteiger partial charge is 0.269 e. The number of nitrogens with zero attached hydrogens (tertiary/aromatic N) is 3. The van der Waals surface area contributed by atoms with Crippen molar-refractivity contribution in [2.45, 2.75) is 11.8 Å². The fourth-order valence-electron chi connectivity index (χ4n) is 5.89. The third-order valence-corrected chi connectivity index (χ3v) is 8.91. The van der Waals surface area contributed by atoms with Gasteiger partial charge in [0, 0.05) is 36.0 Å². The molecule has 2 aliphatic rings. The first-order valence-corrected chi connectivity index (χ1v) is 16.5. The number of hydrogen-bond donors (Lipinski definition) is 8. The van der Waals surface area contributed by atoms with E-state index in [9.17, 15) is 34.6 Å². The lowest BCUT2D eigenvalue weighted by atomic mass is 9.85. The molecule has 6 heterocycles. The van der Waals surface area contributed by atoms with Crippen molar-refractivity contribution in [3.63, 3.8) is 0 Å². The normalized spacial score (nSPS) is 13.5. The zero-order chi connectivity index (χ0) is 37.7. The Hall–Kier alpha value is -6.60. The molecular formula is C30H21N11O9S4. The van der Waals surface area contributed by atoms with Crippen LogP contribution in [0.15, 0.2) is 69.1 Å². The maximum absolute atomic E-state index is 12.6. The predicted molar refractivity (Wildman–Crippen MR) is 199 cm³/mol. The lowest BCUT2D eigenvalue weighted by Gasteiger charge is -2.26. The second-order valence-corrected chi connectivity index (χ2v) is 12.8. The van der Waals surface area contributed by atoms with Crippen LogP contribution < -0.4 is 32.3 Å². The minimum absolute atomic E-state index is 0. The molecule has 6 aromatic rings. The highest BCUT2D eigenvalue weighted by Gasteiger charge is 2.36. The van der Waals surface area contributed by atoms with Gasteiger partial charge < -0.3 is 35.6 Å². The fraction of sp³-hybridized carbons (Fsp3) is 0.0667. The summed E-state index contributed by atoms with van der Waals surface area (Å²) in [6, 6.07) is 11.5. The third kappa shape index (κ3) is 6.84. The number of rotatable bonds is 4. The molecule has 0 amide bonds. The summed E-state index contributed by atoms with van der Waals surface area (Å²) >= 11 is 20.0. The van der Waals surface area contributed by atoms with Crippen LogP contribution in [0.3, 0.4) is 0 Å². The lowest BCUT2D eigenvalue weighted by Crippen LogP contribution is -2.29. The lowest BCUT2D eigenvalue weighted by molar-refractivity contribution is -0.385. The Balaban J connectivity index is 0.000000181. The second-order valence-electron chi connectivity index (χ2n) is 11.2. The highest BCUT2D eigenvalue weighted by molar-refractivity contribution is 7.71. The van der Waals surface area contributed by atoms with E-state index in [0.717, 1.165) is 0 Å². The third-order valence-electron chi connectivity index (χ3n) is 8.09. The van der Waals surface area contributed by atoms with Gasteiger partial charge in [-0.05, 0) is 60.0 Å². The topological polar surface area (TPSA) is 314 Å². The van der Waals surface area contributed by atoms with Gasteiger partial charge in [0.1, 0.15) is 0 Å². The summed E-state index contributed by atoms with van der Waals surface area (Å²) in [6.07, 6.45) is 1.52. The van der Waals surface area contributed by atoms with Gasteiger partial charge in [-0.1, -0.05) is 24.3 Å². The standard InChI is InChI=1S/C15H9N5O5S2.C15H9N5O4S2.H3N/c21-10-8-7(5-1-3-6(4-2-5)20(23)24)9-11(22)17-15(27)19-13(9)25-12(8)18-14(26)16-10;21-11-10-9(6-1-3-7(4-2-6)20(22)23)8-5-16-14(25)18-12(8)24-13(10)19-15(26)17-11;/h1-4,7H,(H2,16,18,21,26)(H2,17,19,22,27);1-5,9H,(H,16,18,25)(H2,17,19,21,26);1H3. The van der Waals surface area contributed by atoms with E-state index in [1.165, 1.54) is 42.6 Å². The van der Waals surface area contributed by atoms with Crippen molar-refractivity contribution in [3.05, 3.63) is 158 Å². The van der Waals surface area contributed by atoms with Crippen LogP contribution in [0.25, 0.3) is 0 Å². The molecule has 0 radical (unpaired) electrons. The number of fused-ring (bicyclic) bond motifs is 4. The van der Waals surface area contributed by atoms with Gasteiger partial charge in [-0.3, -0.25) is 49.6 Å². The molecule has 24 heteroatoms. The van der Waals surface area contributed by atoms with E-state index in [1.54, 1.807) is 12.1 Å². The largest absolute Gasteiger partial charge is 0.424 e. The van der Waals surface area contributed by atoms with Gasteiger partial charge in [-0.15, -0.1) is 0 Å². The molecule has 54 heavy (non-hydrogen) atoms. The van der Waals surface area contributed by atoms with E-state index in [-0.39, 0.29) is 65.4 Å². The predicted octanol–water partition coefficient (Wildman–Crippen LogP) is 5.61. The Bertz CT molecular complexity index is 2860. The summed E-state index contributed by atoms with van der Waals surface area (Å²) in [5.41, 5.74) is 0.616.